The van der Waals surface area contributed by atoms with Gasteiger partial charge in [0.15, 0.2) is 0 Å². The first-order chi connectivity index (χ1) is 11.7. The molecule has 0 unspecified atom stereocenters. The standard InChI is InChI=1S/C18H19N3O3/c22-17(6-3-13-2-1-8-19-11-13)21-9-7-14-4-5-15(18(23)20-24)10-16(14)12-21/h1-2,4-5,8,10-11,24H,3,6-7,9,12H2,(H,20,23). The summed E-state index contributed by atoms with van der Waals surface area (Å²) in [7, 11) is 0. The fourth-order valence-corrected chi connectivity index (χ4v) is 2.93. The minimum atomic E-state index is -0.544. The fourth-order valence-electron chi connectivity index (χ4n) is 2.93. The number of benzene rings is 1. The molecule has 6 heteroatoms. The van der Waals surface area contributed by atoms with Crippen LogP contribution in [-0.2, 0) is 24.2 Å². The van der Waals surface area contributed by atoms with Gasteiger partial charge in [0.05, 0.1) is 0 Å². The number of nitrogens with zero attached hydrogens (tertiary/aromatic N) is 2. The molecule has 0 spiro atoms. The lowest BCUT2D eigenvalue weighted by Gasteiger charge is -2.29. The summed E-state index contributed by atoms with van der Waals surface area (Å²) in [5.41, 5.74) is 5.17. The zero-order valence-corrected chi connectivity index (χ0v) is 13.2. The van der Waals surface area contributed by atoms with Crippen molar-refractivity contribution >= 4 is 11.8 Å². The van der Waals surface area contributed by atoms with E-state index < -0.39 is 5.91 Å². The molecule has 0 aliphatic carbocycles. The average Bonchev–Trinajstić information content (AvgIpc) is 2.65. The molecule has 1 aromatic carbocycles. The van der Waals surface area contributed by atoms with E-state index in [9.17, 15) is 9.59 Å². The lowest BCUT2D eigenvalue weighted by molar-refractivity contribution is -0.132. The van der Waals surface area contributed by atoms with Gasteiger partial charge in [0.2, 0.25) is 5.91 Å². The second-order valence-corrected chi connectivity index (χ2v) is 5.85. The van der Waals surface area contributed by atoms with Crippen LogP contribution in [0.4, 0.5) is 0 Å². The molecule has 2 amide bonds. The Hall–Kier alpha value is -2.73. The van der Waals surface area contributed by atoms with Gasteiger partial charge < -0.3 is 4.90 Å². The Bertz CT molecular complexity index is 746. The van der Waals surface area contributed by atoms with Crippen molar-refractivity contribution in [2.75, 3.05) is 6.54 Å². The number of aromatic nitrogens is 1. The first kappa shape index (κ1) is 16.1. The number of hydroxylamine groups is 1. The van der Waals surface area contributed by atoms with E-state index in [-0.39, 0.29) is 5.91 Å². The summed E-state index contributed by atoms with van der Waals surface area (Å²) in [6, 6.07) is 9.14. The Kier molecular flexibility index (Phi) is 4.86. The summed E-state index contributed by atoms with van der Waals surface area (Å²) in [6.07, 6.45) is 5.38. The highest BCUT2D eigenvalue weighted by Gasteiger charge is 2.21. The molecule has 1 aliphatic heterocycles. The van der Waals surface area contributed by atoms with Gasteiger partial charge in [-0.2, -0.15) is 0 Å². The van der Waals surface area contributed by atoms with Gasteiger partial charge in [-0.05, 0) is 47.7 Å². The van der Waals surface area contributed by atoms with Crippen molar-refractivity contribution in [3.8, 4) is 0 Å². The number of aryl methyl sites for hydroxylation is 1. The van der Waals surface area contributed by atoms with Crippen LogP contribution in [0.15, 0.2) is 42.7 Å². The predicted octanol–water partition coefficient (Wildman–Crippen LogP) is 1.72. The van der Waals surface area contributed by atoms with Gasteiger partial charge in [-0.3, -0.25) is 19.8 Å². The Morgan fingerprint density at radius 1 is 1.25 bits per heavy atom. The molecule has 124 valence electrons. The van der Waals surface area contributed by atoms with Gasteiger partial charge in [0, 0.05) is 37.5 Å². The smallest absolute Gasteiger partial charge is 0.274 e. The Morgan fingerprint density at radius 2 is 2.12 bits per heavy atom. The largest absolute Gasteiger partial charge is 0.338 e. The van der Waals surface area contributed by atoms with Crippen molar-refractivity contribution in [1.82, 2.24) is 15.4 Å². The maximum atomic E-state index is 12.4. The zero-order chi connectivity index (χ0) is 16.9. The summed E-state index contributed by atoms with van der Waals surface area (Å²) >= 11 is 0. The van der Waals surface area contributed by atoms with E-state index in [1.54, 1.807) is 30.0 Å². The van der Waals surface area contributed by atoms with Crippen LogP contribution in [-0.4, -0.2) is 33.5 Å². The maximum absolute atomic E-state index is 12.4. The van der Waals surface area contributed by atoms with Crippen LogP contribution in [0.25, 0.3) is 0 Å². The van der Waals surface area contributed by atoms with Crippen LogP contribution in [0, 0.1) is 0 Å². The number of hydrogen-bond acceptors (Lipinski definition) is 4. The van der Waals surface area contributed by atoms with Gasteiger partial charge in [0.25, 0.3) is 5.91 Å². The van der Waals surface area contributed by atoms with E-state index in [1.807, 2.05) is 23.1 Å². The van der Waals surface area contributed by atoms with Crippen molar-refractivity contribution in [3.63, 3.8) is 0 Å². The van der Waals surface area contributed by atoms with Crippen LogP contribution >= 0.6 is 0 Å². The highest BCUT2D eigenvalue weighted by atomic mass is 16.5. The summed E-state index contributed by atoms with van der Waals surface area (Å²) in [4.78, 5) is 29.8. The van der Waals surface area contributed by atoms with Gasteiger partial charge in [-0.25, -0.2) is 5.48 Å². The molecule has 24 heavy (non-hydrogen) atoms. The lowest BCUT2D eigenvalue weighted by atomic mass is 9.96. The topological polar surface area (TPSA) is 82.5 Å². The number of carbonyl (C=O) groups is 2. The highest BCUT2D eigenvalue weighted by Crippen LogP contribution is 2.21. The molecule has 0 atom stereocenters. The van der Waals surface area contributed by atoms with Crippen LogP contribution in [0.2, 0.25) is 0 Å². The molecule has 2 heterocycles. The molecule has 2 N–H and O–H groups in total. The number of fused-ring (bicyclic) bond motifs is 1. The summed E-state index contributed by atoms with van der Waals surface area (Å²) in [5.74, 6) is -0.445. The van der Waals surface area contributed by atoms with E-state index in [2.05, 4.69) is 4.98 Å². The van der Waals surface area contributed by atoms with Gasteiger partial charge >= 0.3 is 0 Å². The molecule has 0 fully saturated rings. The third kappa shape index (κ3) is 3.60. The summed E-state index contributed by atoms with van der Waals surface area (Å²) in [5, 5.41) is 8.74. The molecular weight excluding hydrogens is 306 g/mol. The number of nitrogens with one attached hydrogen (secondary N) is 1. The van der Waals surface area contributed by atoms with Crippen molar-refractivity contribution in [1.29, 1.82) is 0 Å². The molecule has 1 aliphatic rings. The number of hydrogen-bond donors (Lipinski definition) is 2. The highest BCUT2D eigenvalue weighted by molar-refractivity contribution is 5.93. The van der Waals surface area contributed by atoms with Crippen molar-refractivity contribution < 1.29 is 14.8 Å². The molecule has 3 rings (SSSR count). The Balaban J connectivity index is 1.65. The van der Waals surface area contributed by atoms with E-state index in [0.717, 1.165) is 23.1 Å². The molecule has 0 saturated carbocycles. The summed E-state index contributed by atoms with van der Waals surface area (Å²) in [6.45, 7) is 1.18. The van der Waals surface area contributed by atoms with Crippen LogP contribution < -0.4 is 5.48 Å². The molecular formula is C18H19N3O3. The normalized spacial score (nSPS) is 13.3. The van der Waals surface area contributed by atoms with Crippen molar-refractivity contribution in [2.24, 2.45) is 0 Å². The average molecular weight is 325 g/mol. The SMILES string of the molecule is O=C(NO)c1ccc2c(c1)CN(C(=O)CCc1cccnc1)CC2. The maximum Gasteiger partial charge on any atom is 0.274 e. The van der Waals surface area contributed by atoms with Gasteiger partial charge in [-0.1, -0.05) is 12.1 Å². The molecule has 2 aromatic rings. The number of carbonyl (C=O) groups excluding carboxylic acids is 2. The Morgan fingerprint density at radius 3 is 2.88 bits per heavy atom. The predicted molar refractivity (Wildman–Crippen MR) is 87.4 cm³/mol. The number of rotatable bonds is 4. The monoisotopic (exact) mass is 325 g/mol. The quantitative estimate of drug-likeness (QED) is 0.662. The first-order valence-corrected chi connectivity index (χ1v) is 7.90. The van der Waals surface area contributed by atoms with E-state index in [4.69, 9.17) is 5.21 Å². The van der Waals surface area contributed by atoms with Crippen molar-refractivity contribution in [2.45, 2.75) is 25.8 Å². The fraction of sp³-hybridized carbons (Fsp3) is 0.278. The zero-order valence-electron chi connectivity index (χ0n) is 13.2. The summed E-state index contributed by atoms with van der Waals surface area (Å²) < 4.78 is 0. The van der Waals surface area contributed by atoms with Gasteiger partial charge in [-0.15, -0.1) is 0 Å². The number of pyridine rings is 1. The molecule has 0 radical (unpaired) electrons. The molecule has 0 bridgehead atoms. The van der Waals surface area contributed by atoms with Crippen molar-refractivity contribution in [3.05, 3.63) is 65.0 Å². The molecule has 0 saturated heterocycles. The lowest BCUT2D eigenvalue weighted by Crippen LogP contribution is -2.36. The van der Waals surface area contributed by atoms with E-state index in [0.29, 0.717) is 31.5 Å². The minimum absolute atomic E-state index is 0.0986. The van der Waals surface area contributed by atoms with Gasteiger partial charge in [0.1, 0.15) is 0 Å². The molecule has 6 nitrogen and oxygen atoms in total. The second kappa shape index (κ2) is 7.23. The molecule has 1 aromatic heterocycles. The Labute approximate surface area is 140 Å². The number of amides is 2. The minimum Gasteiger partial charge on any atom is -0.338 e. The van der Waals surface area contributed by atoms with Crippen LogP contribution in [0.1, 0.15) is 33.5 Å². The van der Waals surface area contributed by atoms with E-state index in [1.165, 1.54) is 0 Å². The third-order valence-corrected chi connectivity index (χ3v) is 4.29. The van der Waals surface area contributed by atoms with Crippen LogP contribution in [0.5, 0.6) is 0 Å². The van der Waals surface area contributed by atoms with Crippen LogP contribution in [0.3, 0.4) is 0 Å². The first-order valence-electron chi connectivity index (χ1n) is 7.90. The van der Waals surface area contributed by atoms with E-state index >= 15 is 0 Å². The third-order valence-electron chi connectivity index (χ3n) is 4.29. The second-order valence-electron chi connectivity index (χ2n) is 5.85.